The highest BCUT2D eigenvalue weighted by Crippen LogP contribution is 2.31. The molecule has 1 atom stereocenters. The lowest BCUT2D eigenvalue weighted by Crippen LogP contribution is -2.37. The largest absolute Gasteiger partial charge is 0.484 e. The number of nitrogens with zero attached hydrogens (tertiary/aromatic N) is 1. The van der Waals surface area contributed by atoms with Crippen molar-refractivity contribution in [2.45, 2.75) is 11.7 Å². The fraction of sp³-hybridized carbons (Fsp3) is 0.316. The van der Waals surface area contributed by atoms with E-state index in [9.17, 15) is 22.0 Å². The van der Waals surface area contributed by atoms with Crippen LogP contribution in [0, 0.1) is 11.6 Å². The summed E-state index contributed by atoms with van der Waals surface area (Å²) in [5.41, 5.74) is 0.134. The number of rotatable bonds is 4. The maximum absolute atomic E-state index is 14.1. The minimum Gasteiger partial charge on any atom is -0.484 e. The smallest absolute Gasteiger partial charge is 0.260 e. The molecule has 144 valence electrons. The average Bonchev–Trinajstić information content (AvgIpc) is 2.80. The minimum absolute atomic E-state index is 0.0267. The van der Waals surface area contributed by atoms with E-state index in [1.165, 1.54) is 47.4 Å². The zero-order valence-corrected chi connectivity index (χ0v) is 15.3. The molecule has 0 saturated carbocycles. The van der Waals surface area contributed by atoms with Crippen molar-refractivity contribution < 1.29 is 26.7 Å². The van der Waals surface area contributed by atoms with Gasteiger partial charge >= 0.3 is 0 Å². The van der Waals surface area contributed by atoms with Gasteiger partial charge in [-0.25, -0.2) is 17.2 Å². The Morgan fingerprint density at radius 3 is 2.48 bits per heavy atom. The minimum atomic E-state index is -3.59. The molecule has 1 aliphatic rings. The highest BCUT2D eigenvalue weighted by molar-refractivity contribution is 7.91. The normalized spacial score (nSPS) is 19.3. The number of ether oxygens (including phenoxy) is 1. The fourth-order valence-electron chi connectivity index (χ4n) is 3.05. The summed E-state index contributed by atoms with van der Waals surface area (Å²) in [6.45, 7) is -0.0707. The standard InChI is InChI=1S/C19H19F2NO4S/c20-14-5-7-15(8-6-14)26-13-19(23)22-10-9-18(27(24,25)12-11-22)16-3-1-2-4-17(16)21/h1-8,18H,9-13H2. The third-order valence-electron chi connectivity index (χ3n) is 4.52. The molecule has 2 aromatic rings. The Bertz CT molecular complexity index is 916. The van der Waals surface area contributed by atoms with Gasteiger partial charge < -0.3 is 9.64 Å². The van der Waals surface area contributed by atoms with E-state index in [0.717, 1.165) is 0 Å². The van der Waals surface area contributed by atoms with Crippen LogP contribution in [-0.2, 0) is 14.6 Å². The van der Waals surface area contributed by atoms with Gasteiger partial charge in [0.05, 0.1) is 11.0 Å². The highest BCUT2D eigenvalue weighted by Gasteiger charge is 2.34. The Morgan fingerprint density at radius 2 is 1.78 bits per heavy atom. The van der Waals surface area contributed by atoms with Gasteiger partial charge in [0, 0.05) is 18.7 Å². The molecule has 0 aliphatic carbocycles. The summed E-state index contributed by atoms with van der Waals surface area (Å²) in [4.78, 5) is 13.8. The first kappa shape index (κ1) is 19.3. The molecule has 0 bridgehead atoms. The van der Waals surface area contributed by atoms with Crippen LogP contribution in [0.1, 0.15) is 17.2 Å². The number of hydrogen-bond donors (Lipinski definition) is 0. The molecule has 0 radical (unpaired) electrons. The lowest BCUT2D eigenvalue weighted by Gasteiger charge is -2.20. The van der Waals surface area contributed by atoms with Crippen LogP contribution in [0.2, 0.25) is 0 Å². The molecule has 3 rings (SSSR count). The molecule has 1 aliphatic heterocycles. The van der Waals surface area contributed by atoms with Crippen molar-refractivity contribution in [2.24, 2.45) is 0 Å². The molecule has 0 aromatic heterocycles. The number of benzene rings is 2. The van der Waals surface area contributed by atoms with Crippen molar-refractivity contribution in [3.63, 3.8) is 0 Å². The van der Waals surface area contributed by atoms with Gasteiger partial charge in [-0.2, -0.15) is 0 Å². The zero-order valence-electron chi connectivity index (χ0n) is 14.5. The monoisotopic (exact) mass is 395 g/mol. The summed E-state index contributed by atoms with van der Waals surface area (Å²) in [7, 11) is -3.59. The summed E-state index contributed by atoms with van der Waals surface area (Å²) in [5, 5.41) is -0.977. The first-order chi connectivity index (χ1) is 12.9. The molecule has 5 nitrogen and oxygen atoms in total. The third kappa shape index (κ3) is 4.63. The highest BCUT2D eigenvalue weighted by atomic mass is 32.2. The van der Waals surface area contributed by atoms with Crippen molar-refractivity contribution >= 4 is 15.7 Å². The summed E-state index contributed by atoms with van der Waals surface area (Å²) < 4.78 is 57.4. The van der Waals surface area contributed by atoms with E-state index in [2.05, 4.69) is 0 Å². The Balaban J connectivity index is 1.67. The molecule has 2 aromatic carbocycles. The van der Waals surface area contributed by atoms with E-state index in [1.54, 1.807) is 6.07 Å². The number of amides is 1. The molecule has 1 saturated heterocycles. The third-order valence-corrected chi connectivity index (χ3v) is 6.63. The van der Waals surface area contributed by atoms with Gasteiger partial charge in [0.2, 0.25) is 0 Å². The van der Waals surface area contributed by atoms with E-state index in [1.807, 2.05) is 0 Å². The van der Waals surface area contributed by atoms with Gasteiger partial charge in [0.15, 0.2) is 16.4 Å². The van der Waals surface area contributed by atoms with Crippen LogP contribution in [0.15, 0.2) is 48.5 Å². The van der Waals surface area contributed by atoms with Crippen molar-refractivity contribution in [1.29, 1.82) is 0 Å². The van der Waals surface area contributed by atoms with Gasteiger partial charge in [-0.3, -0.25) is 4.79 Å². The second-order valence-electron chi connectivity index (χ2n) is 6.29. The number of carbonyl (C=O) groups excluding carboxylic acids is 1. The molecule has 1 fully saturated rings. The lowest BCUT2D eigenvalue weighted by atomic mass is 10.1. The second-order valence-corrected chi connectivity index (χ2v) is 8.59. The SMILES string of the molecule is O=C(COc1ccc(F)cc1)N1CCC(c2ccccc2F)S(=O)(=O)CC1. The van der Waals surface area contributed by atoms with E-state index >= 15 is 0 Å². The van der Waals surface area contributed by atoms with E-state index in [-0.39, 0.29) is 43.3 Å². The van der Waals surface area contributed by atoms with Gasteiger partial charge in [-0.1, -0.05) is 18.2 Å². The predicted octanol–water partition coefficient (Wildman–Crippen LogP) is 2.73. The van der Waals surface area contributed by atoms with Gasteiger partial charge in [-0.05, 0) is 36.8 Å². The first-order valence-corrected chi connectivity index (χ1v) is 10.2. The summed E-state index contributed by atoms with van der Waals surface area (Å²) in [6.07, 6.45) is 0.117. The summed E-state index contributed by atoms with van der Waals surface area (Å²) >= 11 is 0. The number of halogens is 2. The molecular weight excluding hydrogens is 376 g/mol. The number of hydrogen-bond acceptors (Lipinski definition) is 4. The van der Waals surface area contributed by atoms with E-state index in [0.29, 0.717) is 5.75 Å². The molecule has 27 heavy (non-hydrogen) atoms. The van der Waals surface area contributed by atoms with E-state index in [4.69, 9.17) is 4.74 Å². The Labute approximate surface area is 156 Å². The van der Waals surface area contributed by atoms with Gasteiger partial charge in [-0.15, -0.1) is 0 Å². The second kappa shape index (κ2) is 8.04. The maximum atomic E-state index is 14.1. The number of carbonyl (C=O) groups is 1. The Hall–Kier alpha value is -2.48. The molecule has 1 unspecified atom stereocenters. The average molecular weight is 395 g/mol. The molecule has 8 heteroatoms. The quantitative estimate of drug-likeness (QED) is 0.799. The topological polar surface area (TPSA) is 63.7 Å². The van der Waals surface area contributed by atoms with Crippen LogP contribution in [-0.4, -0.2) is 44.7 Å². The van der Waals surface area contributed by atoms with Crippen LogP contribution >= 0.6 is 0 Å². The zero-order chi connectivity index (χ0) is 19.4. The summed E-state index contributed by atoms with van der Waals surface area (Å²) in [6, 6.07) is 11.0. The Morgan fingerprint density at radius 1 is 1.07 bits per heavy atom. The summed E-state index contributed by atoms with van der Waals surface area (Å²) in [5.74, 6) is -1.25. The molecule has 0 N–H and O–H groups in total. The predicted molar refractivity (Wildman–Crippen MR) is 96.0 cm³/mol. The fourth-order valence-corrected chi connectivity index (χ4v) is 4.85. The van der Waals surface area contributed by atoms with Crippen LogP contribution < -0.4 is 4.74 Å². The molecule has 1 heterocycles. The molecule has 1 amide bonds. The first-order valence-electron chi connectivity index (χ1n) is 8.49. The lowest BCUT2D eigenvalue weighted by molar-refractivity contribution is -0.133. The van der Waals surface area contributed by atoms with Gasteiger partial charge in [0.25, 0.3) is 5.91 Å². The molecular formula is C19H19F2NO4S. The van der Waals surface area contributed by atoms with Crippen molar-refractivity contribution in [3.05, 3.63) is 65.7 Å². The van der Waals surface area contributed by atoms with Crippen LogP contribution in [0.4, 0.5) is 8.78 Å². The molecule has 0 spiro atoms. The number of sulfone groups is 1. The maximum Gasteiger partial charge on any atom is 0.260 e. The van der Waals surface area contributed by atoms with Crippen molar-refractivity contribution in [2.75, 3.05) is 25.4 Å². The van der Waals surface area contributed by atoms with Crippen molar-refractivity contribution in [3.8, 4) is 5.75 Å². The van der Waals surface area contributed by atoms with Crippen LogP contribution in [0.5, 0.6) is 5.75 Å². The van der Waals surface area contributed by atoms with Crippen LogP contribution in [0.25, 0.3) is 0 Å². The van der Waals surface area contributed by atoms with E-state index < -0.39 is 26.7 Å². The van der Waals surface area contributed by atoms with Crippen LogP contribution in [0.3, 0.4) is 0 Å². The van der Waals surface area contributed by atoms with Gasteiger partial charge in [0.1, 0.15) is 17.4 Å². The Kier molecular flexibility index (Phi) is 5.74. The van der Waals surface area contributed by atoms with Crippen molar-refractivity contribution in [1.82, 2.24) is 4.90 Å².